The SMILES string of the molecule is CC(=O)OCCCc1ccc(O[C@@H]2O[C@H](C(=O)O)[C@@H](O)[C@H](O)[C@H]2O)c(NC(=O)CCNC(=O)CCCCCN2C(=O)C=CC2=O)c1. The predicted molar refractivity (Wildman–Crippen MR) is 157 cm³/mol. The fraction of sp³-hybridized carbons (Fsp3) is 0.533. The van der Waals surface area contributed by atoms with Gasteiger partial charge in [-0.2, -0.15) is 0 Å². The second kappa shape index (κ2) is 17.4. The highest BCUT2D eigenvalue weighted by Crippen LogP contribution is 2.31. The molecular weight excluding hydrogens is 610 g/mol. The van der Waals surface area contributed by atoms with Gasteiger partial charge in [-0.05, 0) is 43.4 Å². The van der Waals surface area contributed by atoms with Gasteiger partial charge in [0.15, 0.2) is 6.10 Å². The first kappa shape index (κ1) is 36.1. The van der Waals surface area contributed by atoms with Crippen molar-refractivity contribution in [1.82, 2.24) is 10.2 Å². The van der Waals surface area contributed by atoms with Gasteiger partial charge in [0, 0.05) is 45.0 Å². The van der Waals surface area contributed by atoms with Crippen molar-refractivity contribution < 1.29 is 63.4 Å². The number of unbranched alkanes of at least 4 members (excludes halogenated alkanes) is 2. The first-order chi connectivity index (χ1) is 21.9. The number of aliphatic hydroxyl groups excluding tert-OH is 3. The van der Waals surface area contributed by atoms with Gasteiger partial charge in [0.25, 0.3) is 11.8 Å². The number of ether oxygens (including phenoxy) is 3. The van der Waals surface area contributed by atoms with Gasteiger partial charge in [-0.3, -0.25) is 28.9 Å². The molecule has 2 aliphatic heterocycles. The van der Waals surface area contributed by atoms with E-state index in [-0.39, 0.29) is 61.7 Å². The molecular formula is C30H39N3O13. The summed E-state index contributed by atoms with van der Waals surface area (Å²) in [6.07, 6.45) is -4.11. The van der Waals surface area contributed by atoms with E-state index in [9.17, 15) is 49.2 Å². The zero-order valence-electron chi connectivity index (χ0n) is 25.3. The Labute approximate surface area is 264 Å². The fourth-order valence-corrected chi connectivity index (χ4v) is 4.70. The van der Waals surface area contributed by atoms with Crippen LogP contribution in [0, 0.1) is 0 Å². The lowest BCUT2D eigenvalue weighted by atomic mass is 9.99. The quantitative estimate of drug-likeness (QED) is 0.0702. The Morgan fingerprint density at radius 2 is 1.63 bits per heavy atom. The topological polar surface area (TPSA) is 238 Å². The molecule has 1 saturated heterocycles. The number of benzene rings is 1. The fourth-order valence-electron chi connectivity index (χ4n) is 4.70. The second-order valence-electron chi connectivity index (χ2n) is 10.7. The number of carbonyl (C=O) groups excluding carboxylic acids is 5. The number of aryl methyl sites for hydroxylation is 1. The summed E-state index contributed by atoms with van der Waals surface area (Å²) < 4.78 is 15.8. The van der Waals surface area contributed by atoms with Crippen LogP contribution in [-0.2, 0) is 44.7 Å². The summed E-state index contributed by atoms with van der Waals surface area (Å²) in [6, 6.07) is 4.63. The maximum absolute atomic E-state index is 12.8. The monoisotopic (exact) mass is 649 g/mol. The van der Waals surface area contributed by atoms with E-state index in [0.29, 0.717) is 37.7 Å². The van der Waals surface area contributed by atoms with Crippen LogP contribution < -0.4 is 15.4 Å². The molecule has 0 saturated carbocycles. The van der Waals surface area contributed by atoms with E-state index in [1.807, 2.05) is 0 Å². The smallest absolute Gasteiger partial charge is 0.335 e. The van der Waals surface area contributed by atoms with Gasteiger partial charge in [0.05, 0.1) is 12.3 Å². The van der Waals surface area contributed by atoms with E-state index in [1.54, 1.807) is 12.1 Å². The molecule has 1 aromatic rings. The van der Waals surface area contributed by atoms with Gasteiger partial charge in [0.1, 0.15) is 24.1 Å². The largest absolute Gasteiger partial charge is 0.479 e. The summed E-state index contributed by atoms with van der Waals surface area (Å²) in [7, 11) is 0. The molecule has 0 aliphatic carbocycles. The number of hydrogen-bond donors (Lipinski definition) is 6. The minimum Gasteiger partial charge on any atom is -0.479 e. The molecule has 6 N–H and O–H groups in total. The van der Waals surface area contributed by atoms with Crippen molar-refractivity contribution in [3.05, 3.63) is 35.9 Å². The third-order valence-corrected chi connectivity index (χ3v) is 7.15. The van der Waals surface area contributed by atoms with Gasteiger partial charge in [-0.25, -0.2) is 4.79 Å². The first-order valence-electron chi connectivity index (χ1n) is 14.8. The molecule has 252 valence electrons. The normalized spacial score (nSPS) is 22.4. The molecule has 0 aromatic heterocycles. The lowest BCUT2D eigenvalue weighted by Gasteiger charge is -2.38. The van der Waals surface area contributed by atoms with Crippen molar-refractivity contribution >= 4 is 41.3 Å². The lowest BCUT2D eigenvalue weighted by molar-refractivity contribution is -0.271. The summed E-state index contributed by atoms with van der Waals surface area (Å²) in [5.74, 6) is -3.54. The van der Waals surface area contributed by atoms with E-state index in [2.05, 4.69) is 10.6 Å². The van der Waals surface area contributed by atoms with E-state index >= 15 is 0 Å². The molecule has 5 atom stereocenters. The molecule has 2 heterocycles. The molecule has 0 radical (unpaired) electrons. The molecule has 3 rings (SSSR count). The van der Waals surface area contributed by atoms with E-state index in [1.165, 1.54) is 25.1 Å². The Hall–Kier alpha value is -4.38. The van der Waals surface area contributed by atoms with Crippen molar-refractivity contribution in [3.63, 3.8) is 0 Å². The molecule has 0 bridgehead atoms. The first-order valence-corrected chi connectivity index (χ1v) is 14.8. The van der Waals surface area contributed by atoms with Crippen molar-refractivity contribution in [2.45, 2.75) is 82.6 Å². The zero-order chi connectivity index (χ0) is 33.8. The van der Waals surface area contributed by atoms with Gasteiger partial charge >= 0.3 is 11.9 Å². The highest BCUT2D eigenvalue weighted by Gasteiger charge is 2.48. The number of esters is 1. The number of aliphatic hydroxyl groups is 3. The number of anilines is 1. The van der Waals surface area contributed by atoms with Gasteiger partial charge in [0.2, 0.25) is 18.1 Å². The summed E-state index contributed by atoms with van der Waals surface area (Å²) in [5.41, 5.74) is 0.830. The van der Waals surface area contributed by atoms with Crippen LogP contribution in [0.1, 0.15) is 51.0 Å². The third-order valence-electron chi connectivity index (χ3n) is 7.15. The van der Waals surface area contributed by atoms with Crippen LogP contribution in [0.3, 0.4) is 0 Å². The Balaban J connectivity index is 1.53. The van der Waals surface area contributed by atoms with Gasteiger partial charge in [-0.1, -0.05) is 12.5 Å². The molecule has 4 amide bonds. The minimum absolute atomic E-state index is 0.0141. The Morgan fingerprint density at radius 3 is 2.30 bits per heavy atom. The van der Waals surface area contributed by atoms with Crippen LogP contribution in [0.4, 0.5) is 5.69 Å². The van der Waals surface area contributed by atoms with Crippen molar-refractivity contribution in [1.29, 1.82) is 0 Å². The molecule has 2 aliphatic rings. The zero-order valence-corrected chi connectivity index (χ0v) is 25.3. The number of nitrogens with one attached hydrogen (secondary N) is 2. The summed E-state index contributed by atoms with van der Waals surface area (Å²) >= 11 is 0. The van der Waals surface area contributed by atoms with E-state index in [0.717, 1.165) is 4.90 Å². The van der Waals surface area contributed by atoms with Crippen molar-refractivity contribution in [3.8, 4) is 5.75 Å². The van der Waals surface area contributed by atoms with E-state index < -0.39 is 48.6 Å². The molecule has 0 spiro atoms. The molecule has 1 aromatic carbocycles. The molecule has 0 unspecified atom stereocenters. The molecule has 46 heavy (non-hydrogen) atoms. The summed E-state index contributed by atoms with van der Waals surface area (Å²) in [6.45, 7) is 1.75. The minimum atomic E-state index is -1.91. The molecule has 16 nitrogen and oxygen atoms in total. The lowest BCUT2D eigenvalue weighted by Crippen LogP contribution is -2.61. The maximum Gasteiger partial charge on any atom is 0.335 e. The second-order valence-corrected chi connectivity index (χ2v) is 10.7. The maximum atomic E-state index is 12.8. The number of carboxylic acids is 1. The third kappa shape index (κ3) is 10.6. The van der Waals surface area contributed by atoms with Crippen LogP contribution in [0.25, 0.3) is 0 Å². The Bertz CT molecular complexity index is 1300. The van der Waals surface area contributed by atoms with Crippen LogP contribution in [0.5, 0.6) is 5.75 Å². The van der Waals surface area contributed by atoms with Crippen LogP contribution in [0.15, 0.2) is 30.4 Å². The summed E-state index contributed by atoms with van der Waals surface area (Å²) in [4.78, 5) is 71.8. The average Bonchev–Trinajstić information content (AvgIpc) is 3.32. The van der Waals surface area contributed by atoms with Crippen molar-refractivity contribution in [2.75, 3.05) is 25.0 Å². The van der Waals surface area contributed by atoms with E-state index in [4.69, 9.17) is 14.2 Å². The van der Waals surface area contributed by atoms with Gasteiger partial charge < -0.3 is 45.3 Å². The molecule has 16 heteroatoms. The average molecular weight is 650 g/mol. The standard InChI is InChI=1S/C30H39N3O13/c1-17(34)44-15-5-6-18-8-9-20(45-30-27(41)25(39)26(40)28(46-30)29(42)43)19(16-18)32-22(36)12-13-31-21(35)7-3-2-4-14-33-23(37)10-11-24(33)38/h8-11,16,25-28,30,39-41H,2-7,12-15H2,1H3,(H,31,35)(H,32,36)(H,42,43)/t25-,26-,27+,28-,30+/m0/s1. The number of nitrogens with zero attached hydrogens (tertiary/aromatic N) is 1. The van der Waals surface area contributed by atoms with Gasteiger partial charge in [-0.15, -0.1) is 0 Å². The molecule has 1 fully saturated rings. The highest BCUT2D eigenvalue weighted by molar-refractivity contribution is 6.12. The van der Waals surface area contributed by atoms with Crippen LogP contribution in [-0.4, -0.2) is 111 Å². The number of amides is 4. The van der Waals surface area contributed by atoms with Crippen molar-refractivity contribution in [2.24, 2.45) is 0 Å². The number of rotatable bonds is 17. The number of hydrogen-bond acceptors (Lipinski definition) is 12. The number of imide groups is 1. The number of carbonyl (C=O) groups is 6. The van der Waals surface area contributed by atoms with Crippen LogP contribution >= 0.6 is 0 Å². The summed E-state index contributed by atoms with van der Waals surface area (Å²) in [5, 5.41) is 45.1. The predicted octanol–water partition coefficient (Wildman–Crippen LogP) is -0.616. The van der Waals surface area contributed by atoms with Crippen LogP contribution in [0.2, 0.25) is 0 Å². The highest BCUT2D eigenvalue weighted by atomic mass is 16.7. The Morgan fingerprint density at radius 1 is 0.913 bits per heavy atom. The number of aliphatic carboxylic acids is 1. The number of carboxylic acid groups (broad SMARTS) is 1. The Kier molecular flexibility index (Phi) is 13.6.